The van der Waals surface area contributed by atoms with Gasteiger partial charge in [-0.05, 0) is 42.3 Å². The highest BCUT2D eigenvalue weighted by atomic mass is 32.2. The maximum atomic E-state index is 12.9. The maximum absolute atomic E-state index is 12.9. The van der Waals surface area contributed by atoms with E-state index in [0.717, 1.165) is 11.1 Å². The van der Waals surface area contributed by atoms with Gasteiger partial charge in [0.1, 0.15) is 6.04 Å². The molecule has 9 heteroatoms. The Morgan fingerprint density at radius 2 is 1.58 bits per heavy atom. The summed E-state index contributed by atoms with van der Waals surface area (Å²) in [6.07, 6.45) is 0.468. The molecule has 8 nitrogen and oxygen atoms in total. The minimum absolute atomic E-state index is 0.130. The number of carbonyl (C=O) groups is 1. The number of aryl methyl sites for hydroxylation is 1. The molecule has 1 aromatic heterocycles. The van der Waals surface area contributed by atoms with Crippen molar-refractivity contribution >= 4 is 21.6 Å². The van der Waals surface area contributed by atoms with Crippen molar-refractivity contribution in [2.45, 2.75) is 56.2 Å². The first-order chi connectivity index (χ1) is 18.0. The largest absolute Gasteiger partial charge is 0.337 e. The zero-order chi connectivity index (χ0) is 27.3. The number of hydrogen-bond acceptors (Lipinski definition) is 6. The molecule has 0 saturated heterocycles. The van der Waals surface area contributed by atoms with Gasteiger partial charge in [0.2, 0.25) is 5.89 Å². The van der Waals surface area contributed by atoms with E-state index in [9.17, 15) is 13.2 Å². The van der Waals surface area contributed by atoms with Crippen LogP contribution in [0.25, 0.3) is 0 Å². The van der Waals surface area contributed by atoms with E-state index in [0.29, 0.717) is 29.4 Å². The van der Waals surface area contributed by atoms with E-state index in [1.54, 1.807) is 48.5 Å². The van der Waals surface area contributed by atoms with Crippen molar-refractivity contribution in [1.29, 1.82) is 0 Å². The smallest absolute Gasteiger partial charge is 0.319 e. The molecule has 0 radical (unpaired) electrons. The monoisotopic (exact) mass is 532 g/mol. The van der Waals surface area contributed by atoms with E-state index in [2.05, 4.69) is 20.8 Å². The molecule has 2 amide bonds. The Morgan fingerprint density at radius 3 is 2.18 bits per heavy atom. The molecule has 0 unspecified atom stereocenters. The van der Waals surface area contributed by atoms with Crippen LogP contribution in [0.1, 0.15) is 55.2 Å². The Balaban J connectivity index is 1.44. The van der Waals surface area contributed by atoms with Gasteiger partial charge in [-0.15, -0.1) is 0 Å². The molecule has 0 aliphatic rings. The van der Waals surface area contributed by atoms with Gasteiger partial charge in [-0.1, -0.05) is 86.1 Å². The lowest BCUT2D eigenvalue weighted by molar-refractivity contribution is 0.243. The minimum Gasteiger partial charge on any atom is -0.337 e. The zero-order valence-corrected chi connectivity index (χ0v) is 22.7. The Hall–Kier alpha value is -3.98. The number of carbonyl (C=O) groups excluding carboxylic acids is 1. The summed E-state index contributed by atoms with van der Waals surface area (Å²) in [5.74, 6) is 0.754. The molecule has 2 N–H and O–H groups in total. The van der Waals surface area contributed by atoms with Crippen LogP contribution in [-0.2, 0) is 27.4 Å². The van der Waals surface area contributed by atoms with Crippen LogP contribution in [0.4, 0.5) is 10.5 Å². The maximum Gasteiger partial charge on any atom is 0.319 e. The summed E-state index contributed by atoms with van der Waals surface area (Å²) in [4.78, 5) is 17.7. The third-order valence-corrected chi connectivity index (χ3v) is 7.65. The number of nitrogens with zero attached hydrogens (tertiary/aromatic N) is 2. The van der Waals surface area contributed by atoms with Gasteiger partial charge in [-0.25, -0.2) is 13.2 Å². The molecule has 4 rings (SSSR count). The van der Waals surface area contributed by atoms with Gasteiger partial charge in [-0.2, -0.15) is 4.98 Å². The number of aromatic nitrogens is 2. The summed E-state index contributed by atoms with van der Waals surface area (Å²) in [5, 5.41) is 9.83. The van der Waals surface area contributed by atoms with Crippen molar-refractivity contribution in [2.75, 3.05) is 5.32 Å². The first-order valence-electron chi connectivity index (χ1n) is 12.3. The van der Waals surface area contributed by atoms with Gasteiger partial charge in [0.05, 0.1) is 10.6 Å². The highest BCUT2D eigenvalue weighted by molar-refractivity contribution is 7.90. The van der Waals surface area contributed by atoms with Crippen LogP contribution in [-0.4, -0.2) is 24.6 Å². The van der Waals surface area contributed by atoms with Gasteiger partial charge in [-0.3, -0.25) is 0 Å². The molecule has 1 heterocycles. The Kier molecular flexibility index (Phi) is 7.97. The van der Waals surface area contributed by atoms with Crippen molar-refractivity contribution in [2.24, 2.45) is 0 Å². The predicted molar refractivity (Wildman–Crippen MR) is 147 cm³/mol. The first kappa shape index (κ1) is 27.1. The highest BCUT2D eigenvalue weighted by Crippen LogP contribution is 2.24. The molecular formula is C29H32N4O4S. The number of hydrogen-bond donors (Lipinski definition) is 2. The lowest BCUT2D eigenvalue weighted by Gasteiger charge is -2.16. The van der Waals surface area contributed by atoms with E-state index in [4.69, 9.17) is 4.52 Å². The molecule has 1 atom stereocenters. The fraction of sp³-hybridized carbons (Fsp3) is 0.276. The molecule has 0 fully saturated rings. The van der Waals surface area contributed by atoms with Crippen molar-refractivity contribution in [3.05, 3.63) is 107 Å². The number of nitrogens with one attached hydrogen (secondary N) is 2. The van der Waals surface area contributed by atoms with Gasteiger partial charge < -0.3 is 15.2 Å². The average Bonchev–Trinajstić information content (AvgIpc) is 3.37. The number of rotatable bonds is 8. The van der Waals surface area contributed by atoms with Crippen LogP contribution in [0.5, 0.6) is 0 Å². The lowest BCUT2D eigenvalue weighted by Crippen LogP contribution is -2.34. The minimum atomic E-state index is -3.47. The standard InChI is InChI=1S/C29H32N4O4S/c1-20-10-16-24(17-11-20)38(35,36)19-22-12-14-23(15-13-22)30-28(34)31-25(18-21-8-6-5-7-9-21)26-32-27(33-37-26)29(2,3)4/h5-17,25H,18-19H2,1-4H3,(H2,30,31,34)/t25-/m1/s1. The Labute approximate surface area is 223 Å². The van der Waals surface area contributed by atoms with Crippen LogP contribution in [0.3, 0.4) is 0 Å². The van der Waals surface area contributed by atoms with Gasteiger partial charge in [0, 0.05) is 17.5 Å². The third kappa shape index (κ3) is 7.07. The van der Waals surface area contributed by atoms with Crippen molar-refractivity contribution < 1.29 is 17.7 Å². The van der Waals surface area contributed by atoms with Crippen molar-refractivity contribution in [3.63, 3.8) is 0 Å². The van der Waals surface area contributed by atoms with Gasteiger partial charge in [0.25, 0.3) is 0 Å². The Bertz CT molecular complexity index is 1470. The number of sulfone groups is 1. The molecule has 198 valence electrons. The zero-order valence-electron chi connectivity index (χ0n) is 21.9. The fourth-order valence-corrected chi connectivity index (χ4v) is 5.14. The highest BCUT2D eigenvalue weighted by Gasteiger charge is 2.26. The molecule has 0 saturated carbocycles. The van der Waals surface area contributed by atoms with Crippen LogP contribution in [0.2, 0.25) is 0 Å². The third-order valence-electron chi connectivity index (χ3n) is 5.95. The summed E-state index contributed by atoms with van der Waals surface area (Å²) >= 11 is 0. The SMILES string of the molecule is Cc1ccc(S(=O)(=O)Cc2ccc(NC(=O)N[C@H](Cc3ccccc3)c3nc(C(C)(C)C)no3)cc2)cc1. The van der Waals surface area contributed by atoms with Crippen LogP contribution in [0, 0.1) is 6.92 Å². The molecule has 4 aromatic rings. The molecule has 0 aliphatic carbocycles. The summed E-state index contributed by atoms with van der Waals surface area (Å²) in [6.45, 7) is 7.88. The summed E-state index contributed by atoms with van der Waals surface area (Å²) < 4.78 is 31.0. The van der Waals surface area contributed by atoms with Gasteiger partial charge >= 0.3 is 6.03 Å². The molecule has 0 aliphatic heterocycles. The predicted octanol–water partition coefficient (Wildman–Crippen LogP) is 5.75. The second-order valence-corrected chi connectivity index (χ2v) is 12.3. The summed E-state index contributed by atoms with van der Waals surface area (Å²) in [6, 6.07) is 22.3. The van der Waals surface area contributed by atoms with E-state index < -0.39 is 21.9 Å². The molecule has 3 aromatic carbocycles. The average molecular weight is 533 g/mol. The second-order valence-electron chi connectivity index (χ2n) is 10.3. The fourth-order valence-electron chi connectivity index (χ4n) is 3.79. The molecule has 38 heavy (non-hydrogen) atoms. The van der Waals surface area contributed by atoms with E-state index in [1.807, 2.05) is 58.0 Å². The van der Waals surface area contributed by atoms with Crippen molar-refractivity contribution in [3.8, 4) is 0 Å². The molecule has 0 spiro atoms. The normalized spacial score (nSPS) is 12.6. The van der Waals surface area contributed by atoms with Crippen LogP contribution in [0.15, 0.2) is 88.3 Å². The van der Waals surface area contributed by atoms with E-state index in [1.165, 1.54) is 0 Å². The number of anilines is 1. The van der Waals surface area contributed by atoms with Crippen LogP contribution >= 0.6 is 0 Å². The van der Waals surface area contributed by atoms with Gasteiger partial charge in [0.15, 0.2) is 15.7 Å². The molecule has 0 bridgehead atoms. The van der Waals surface area contributed by atoms with Crippen LogP contribution < -0.4 is 10.6 Å². The summed E-state index contributed by atoms with van der Waals surface area (Å²) in [5.41, 5.74) is 2.86. The summed E-state index contributed by atoms with van der Waals surface area (Å²) in [7, 11) is -3.47. The quantitative estimate of drug-likeness (QED) is 0.298. The second kappa shape index (κ2) is 11.2. The number of urea groups is 1. The number of amides is 2. The topological polar surface area (TPSA) is 114 Å². The first-order valence-corrected chi connectivity index (χ1v) is 14.0. The Morgan fingerprint density at radius 1 is 0.921 bits per heavy atom. The number of benzene rings is 3. The van der Waals surface area contributed by atoms with Crippen molar-refractivity contribution in [1.82, 2.24) is 15.5 Å². The van der Waals surface area contributed by atoms with E-state index in [-0.39, 0.29) is 16.1 Å². The van der Waals surface area contributed by atoms with E-state index >= 15 is 0 Å². The molecular weight excluding hydrogens is 500 g/mol. The lowest BCUT2D eigenvalue weighted by atomic mass is 9.96.